The first kappa shape index (κ1) is 29.1. The Bertz CT molecular complexity index is 579. The van der Waals surface area contributed by atoms with Crippen LogP contribution < -0.4 is 10.6 Å². The molecule has 0 saturated carbocycles. The van der Waals surface area contributed by atoms with Crippen LogP contribution in [0.25, 0.3) is 0 Å². The van der Waals surface area contributed by atoms with Crippen molar-refractivity contribution in [3.05, 3.63) is 48.5 Å². The van der Waals surface area contributed by atoms with Crippen LogP contribution >= 0.6 is 15.8 Å². The predicted molar refractivity (Wildman–Crippen MR) is 136 cm³/mol. The fourth-order valence-corrected chi connectivity index (χ4v) is 12.7. The molecule has 0 nitrogen and oxygen atoms in total. The maximum Gasteiger partial charge on any atom is 0 e. The fraction of sp³-hybridized carbons (Fsp3) is 0.615. The van der Waals surface area contributed by atoms with E-state index in [4.69, 9.17) is 0 Å². The van der Waals surface area contributed by atoms with Gasteiger partial charge in [-0.05, 0) is 20.6 Å². The van der Waals surface area contributed by atoms with E-state index in [1.807, 2.05) is 0 Å². The molecule has 0 amide bonds. The standard InChI is InChI=1S/2C13H22P.Fe/c2*1-12(2,3)14(13(4,5)6)11-9-7-8-10-11;/h2*7-10H,1-6H3;/q2*-1;. The molecule has 2 rings (SSSR count). The van der Waals surface area contributed by atoms with Crippen LogP contribution in [0.3, 0.4) is 0 Å². The molecule has 0 spiro atoms. The van der Waals surface area contributed by atoms with Gasteiger partial charge in [0.05, 0.1) is 0 Å². The topological polar surface area (TPSA) is 0 Å². The van der Waals surface area contributed by atoms with E-state index in [0.29, 0.717) is 20.6 Å². The number of hydrogen-bond donors (Lipinski definition) is 0. The minimum absolute atomic E-state index is 0. The van der Waals surface area contributed by atoms with Crippen molar-refractivity contribution >= 4 is 26.5 Å². The normalized spacial score (nSPS) is 13.2. The van der Waals surface area contributed by atoms with Crippen LogP contribution in [0, 0.1) is 0 Å². The van der Waals surface area contributed by atoms with E-state index in [1.165, 1.54) is 0 Å². The van der Waals surface area contributed by atoms with Crippen LogP contribution in [0.15, 0.2) is 48.5 Å². The van der Waals surface area contributed by atoms with Crippen molar-refractivity contribution in [1.82, 2.24) is 0 Å². The Kier molecular flexibility index (Phi) is 10.6. The van der Waals surface area contributed by atoms with Crippen molar-refractivity contribution in [3.63, 3.8) is 0 Å². The minimum atomic E-state index is -0.101. The van der Waals surface area contributed by atoms with Gasteiger partial charge in [-0.3, -0.25) is 0 Å². The van der Waals surface area contributed by atoms with Gasteiger partial charge in [-0.25, -0.2) is 24.3 Å². The summed E-state index contributed by atoms with van der Waals surface area (Å²) in [5.74, 6) is 0. The van der Waals surface area contributed by atoms with E-state index in [2.05, 4.69) is 132 Å². The van der Waals surface area contributed by atoms with Crippen LogP contribution in [-0.2, 0) is 17.1 Å². The summed E-state index contributed by atoms with van der Waals surface area (Å²) in [6, 6.07) is 17.7. The molecule has 0 unspecified atom stereocenters. The van der Waals surface area contributed by atoms with Gasteiger partial charge in [0, 0.05) is 17.1 Å². The smallest absolute Gasteiger partial charge is 0 e. The van der Waals surface area contributed by atoms with Gasteiger partial charge >= 0.3 is 0 Å². The van der Waals surface area contributed by atoms with Crippen LogP contribution in [-0.4, -0.2) is 20.6 Å². The van der Waals surface area contributed by atoms with Gasteiger partial charge in [0.15, 0.2) is 0 Å². The predicted octanol–water partition coefficient (Wildman–Crippen LogP) is 8.22. The summed E-state index contributed by atoms with van der Waals surface area (Å²) in [5.41, 5.74) is 0. The first-order valence-electron chi connectivity index (χ1n) is 10.5. The molecular weight excluding hydrogens is 430 g/mol. The second-order valence-corrected chi connectivity index (χ2v) is 19.4. The third kappa shape index (κ3) is 8.99. The molecule has 0 aliphatic heterocycles. The molecule has 0 bridgehead atoms. The SMILES string of the molecule is CC(C)(C)P([c-]1cccc1)C(C)(C)C.CC(C)(C)P([c-]1cccc1)C(C)(C)C.[Fe]. The Morgan fingerprint density at radius 2 is 0.586 bits per heavy atom. The van der Waals surface area contributed by atoms with Gasteiger partial charge in [0.1, 0.15) is 0 Å². The third-order valence-corrected chi connectivity index (χ3v) is 11.5. The first-order chi connectivity index (χ1) is 12.5. The van der Waals surface area contributed by atoms with Gasteiger partial charge in [-0.1, -0.05) is 83.1 Å². The van der Waals surface area contributed by atoms with E-state index >= 15 is 0 Å². The molecule has 0 aromatic heterocycles. The van der Waals surface area contributed by atoms with Crippen LogP contribution in [0.1, 0.15) is 83.1 Å². The van der Waals surface area contributed by atoms with Crippen molar-refractivity contribution in [1.29, 1.82) is 0 Å². The molecule has 3 heteroatoms. The largest absolute Gasteiger partial charge is 0.213 e. The maximum atomic E-state index is 2.36. The summed E-state index contributed by atoms with van der Waals surface area (Å²) in [4.78, 5) is 0. The number of hydrogen-bond acceptors (Lipinski definition) is 0. The third-order valence-electron chi connectivity index (χ3n) is 4.49. The van der Waals surface area contributed by atoms with Crippen LogP contribution in [0.5, 0.6) is 0 Å². The average Bonchev–Trinajstić information content (AvgIpc) is 3.06. The molecule has 0 radical (unpaired) electrons. The number of rotatable bonds is 2. The second kappa shape index (κ2) is 10.6. The molecule has 168 valence electrons. The summed E-state index contributed by atoms with van der Waals surface area (Å²) in [7, 11) is -0.202. The van der Waals surface area contributed by atoms with Crippen molar-refractivity contribution in [2.24, 2.45) is 0 Å². The zero-order valence-corrected chi connectivity index (χ0v) is 23.8. The molecular formula is C26H44FeP2-2. The van der Waals surface area contributed by atoms with E-state index in [1.54, 1.807) is 10.6 Å². The molecule has 0 aliphatic carbocycles. The summed E-state index contributed by atoms with van der Waals surface area (Å²) in [6.45, 7) is 28.3. The zero-order valence-electron chi connectivity index (χ0n) is 20.9. The summed E-state index contributed by atoms with van der Waals surface area (Å²) in [6.07, 6.45) is 0. The van der Waals surface area contributed by atoms with Gasteiger partial charge in [-0.15, -0.1) is 26.5 Å². The van der Waals surface area contributed by atoms with Crippen molar-refractivity contribution < 1.29 is 17.1 Å². The summed E-state index contributed by atoms with van der Waals surface area (Å²) < 4.78 is 0. The summed E-state index contributed by atoms with van der Waals surface area (Å²) in [5, 5.41) is 4.65. The Morgan fingerprint density at radius 3 is 0.724 bits per heavy atom. The molecule has 0 aliphatic rings. The second-order valence-electron chi connectivity index (χ2n) is 11.6. The van der Waals surface area contributed by atoms with Crippen molar-refractivity contribution in [2.75, 3.05) is 0 Å². The molecule has 2 aromatic carbocycles. The Balaban J connectivity index is 0.000000523. The van der Waals surface area contributed by atoms with Crippen LogP contribution in [0.4, 0.5) is 0 Å². The quantitative estimate of drug-likeness (QED) is 0.234. The molecule has 0 atom stereocenters. The van der Waals surface area contributed by atoms with E-state index < -0.39 is 0 Å². The van der Waals surface area contributed by atoms with Crippen molar-refractivity contribution in [3.8, 4) is 0 Å². The van der Waals surface area contributed by atoms with Gasteiger partial charge in [-0.2, -0.15) is 24.3 Å². The van der Waals surface area contributed by atoms with Crippen LogP contribution in [0.2, 0.25) is 0 Å². The van der Waals surface area contributed by atoms with Gasteiger partial charge in [0.25, 0.3) is 0 Å². The summed E-state index contributed by atoms with van der Waals surface area (Å²) >= 11 is 0. The zero-order chi connectivity index (χ0) is 22.0. The molecule has 0 saturated heterocycles. The first-order valence-corrected chi connectivity index (χ1v) is 13.2. The molecule has 29 heavy (non-hydrogen) atoms. The average molecular weight is 474 g/mol. The minimum Gasteiger partial charge on any atom is -0.213 e. The van der Waals surface area contributed by atoms with E-state index in [-0.39, 0.29) is 32.9 Å². The Labute approximate surface area is 195 Å². The van der Waals surface area contributed by atoms with E-state index in [0.717, 1.165) is 0 Å². The van der Waals surface area contributed by atoms with Crippen molar-refractivity contribution in [2.45, 2.75) is 104 Å². The molecule has 0 N–H and O–H groups in total. The Hall–Kier alpha value is 0.0795. The molecule has 2 aromatic rings. The molecule has 0 heterocycles. The monoisotopic (exact) mass is 474 g/mol. The van der Waals surface area contributed by atoms with Gasteiger partial charge in [0.2, 0.25) is 0 Å². The Morgan fingerprint density at radius 1 is 0.414 bits per heavy atom. The maximum absolute atomic E-state index is 2.36. The fourth-order valence-electron chi connectivity index (χ4n) is 4.59. The van der Waals surface area contributed by atoms with Gasteiger partial charge < -0.3 is 0 Å². The van der Waals surface area contributed by atoms with E-state index in [9.17, 15) is 0 Å². The molecule has 0 fully saturated rings.